The fraction of sp³-hybridized carbons (Fsp3) is 0.111. The highest BCUT2D eigenvalue weighted by molar-refractivity contribution is 7.34. The number of ether oxygens (including phenoxy) is 3. The minimum Gasteiger partial charge on any atom is -0.497 e. The fourth-order valence-corrected chi connectivity index (χ4v) is 4.34. The summed E-state index contributed by atoms with van der Waals surface area (Å²) in [4.78, 5) is 0. The van der Waals surface area contributed by atoms with E-state index in [0.29, 0.717) is 0 Å². The van der Waals surface area contributed by atoms with Crippen LogP contribution in [0.2, 0.25) is 0 Å². The lowest BCUT2D eigenvalue weighted by atomic mass is 9.87. The van der Waals surface area contributed by atoms with Gasteiger partial charge in [-0.15, -0.1) is 0 Å². The van der Waals surface area contributed by atoms with E-state index in [-0.39, 0.29) is 0 Å². The Balaban J connectivity index is 2.01. The Bertz CT molecular complexity index is 1210. The summed E-state index contributed by atoms with van der Waals surface area (Å²) in [6.07, 6.45) is 0. The second kappa shape index (κ2) is 9.67. The van der Waals surface area contributed by atoms with Crippen LogP contribution in [0.3, 0.4) is 0 Å². The molecule has 4 aromatic rings. The van der Waals surface area contributed by atoms with Gasteiger partial charge in [-0.1, -0.05) is 41.0 Å². The Morgan fingerprint density at radius 3 is 1.31 bits per heavy atom. The van der Waals surface area contributed by atoms with Crippen LogP contribution in [-0.2, 0) is 4.57 Å². The first kappa shape index (κ1) is 21.6. The lowest BCUT2D eigenvalue weighted by Gasteiger charge is -2.17. The first-order chi connectivity index (χ1) is 15.7. The summed E-state index contributed by atoms with van der Waals surface area (Å²) in [7, 11) is 4.37. The third kappa shape index (κ3) is 4.23. The van der Waals surface area contributed by atoms with Crippen molar-refractivity contribution >= 4 is 13.8 Å². The molecule has 1 unspecified atom stereocenters. The van der Waals surface area contributed by atoms with Crippen molar-refractivity contribution in [3.8, 4) is 50.6 Å². The Hall–Kier alpha value is -3.62. The summed E-state index contributed by atoms with van der Waals surface area (Å²) in [6, 6.07) is 27.8. The molecule has 160 valence electrons. The van der Waals surface area contributed by atoms with Gasteiger partial charge in [-0.25, -0.2) is 0 Å². The van der Waals surface area contributed by atoms with Crippen LogP contribution < -0.4 is 19.5 Å². The van der Waals surface area contributed by atoms with E-state index < -0.39 is 8.46 Å². The van der Waals surface area contributed by atoms with Crippen LogP contribution in [0.5, 0.6) is 17.2 Å². The average Bonchev–Trinajstić information content (AvgIpc) is 2.88. The summed E-state index contributed by atoms with van der Waals surface area (Å²) in [5, 5.41) is 0.776. The van der Waals surface area contributed by atoms with E-state index in [1.54, 1.807) is 21.3 Å². The van der Waals surface area contributed by atoms with Crippen LogP contribution in [0.4, 0.5) is 0 Å². The molecular formula is C27H24O4P+. The molecule has 0 aromatic heterocycles. The van der Waals surface area contributed by atoms with Gasteiger partial charge in [-0.3, -0.25) is 0 Å². The van der Waals surface area contributed by atoms with Crippen molar-refractivity contribution < 1.29 is 18.8 Å². The van der Waals surface area contributed by atoms with Crippen LogP contribution in [-0.4, -0.2) is 21.3 Å². The van der Waals surface area contributed by atoms with Crippen LogP contribution in [0.25, 0.3) is 33.4 Å². The van der Waals surface area contributed by atoms with E-state index in [2.05, 4.69) is 0 Å². The number of benzene rings is 4. The van der Waals surface area contributed by atoms with Crippen molar-refractivity contribution in [1.29, 1.82) is 0 Å². The molecule has 0 saturated carbocycles. The standard InChI is InChI=1S/C27H23O4P/c1-29-21-10-4-18(5-11-21)24-16-17-25(32-28)27(20-8-14-23(31-3)15-9-20)26(24)19-6-12-22(30-2)13-7-19/h4-17H,1-3H3/p+1. The van der Waals surface area contributed by atoms with E-state index in [0.717, 1.165) is 55.9 Å². The molecule has 4 rings (SSSR count). The molecule has 4 aromatic carbocycles. The fourth-order valence-electron chi connectivity index (χ4n) is 3.81. The smallest absolute Gasteiger partial charge is 0.363 e. The third-order valence-electron chi connectivity index (χ3n) is 5.47. The monoisotopic (exact) mass is 443 g/mol. The number of hydrogen-bond donors (Lipinski definition) is 0. The zero-order valence-electron chi connectivity index (χ0n) is 18.2. The number of hydrogen-bond acceptors (Lipinski definition) is 4. The average molecular weight is 443 g/mol. The number of methoxy groups -OCH3 is 3. The Morgan fingerprint density at radius 2 is 0.906 bits per heavy atom. The van der Waals surface area contributed by atoms with Crippen LogP contribution in [0.1, 0.15) is 0 Å². The van der Waals surface area contributed by atoms with Crippen molar-refractivity contribution in [1.82, 2.24) is 0 Å². The van der Waals surface area contributed by atoms with E-state index in [1.165, 1.54) is 0 Å². The molecule has 0 aliphatic rings. The van der Waals surface area contributed by atoms with Crippen molar-refractivity contribution in [2.24, 2.45) is 0 Å². The minimum atomic E-state index is -0.583. The van der Waals surface area contributed by atoms with E-state index in [1.807, 2.05) is 84.9 Å². The Labute approximate surface area is 189 Å². The highest BCUT2D eigenvalue weighted by Gasteiger charge is 2.22. The summed E-state index contributed by atoms with van der Waals surface area (Å²) in [5.74, 6) is 2.36. The van der Waals surface area contributed by atoms with Gasteiger partial charge in [0.1, 0.15) is 17.2 Å². The summed E-state index contributed by atoms with van der Waals surface area (Å²) >= 11 is 0. The maximum atomic E-state index is 12.2. The topological polar surface area (TPSA) is 44.8 Å². The van der Waals surface area contributed by atoms with Gasteiger partial charge in [0.25, 0.3) is 0 Å². The van der Waals surface area contributed by atoms with Crippen molar-refractivity contribution in [3.05, 3.63) is 84.9 Å². The van der Waals surface area contributed by atoms with E-state index in [4.69, 9.17) is 14.2 Å². The van der Waals surface area contributed by atoms with Crippen molar-refractivity contribution in [2.45, 2.75) is 0 Å². The van der Waals surface area contributed by atoms with Gasteiger partial charge < -0.3 is 14.2 Å². The predicted octanol–water partition coefficient (Wildman–Crippen LogP) is 6.36. The molecule has 1 atom stereocenters. The van der Waals surface area contributed by atoms with Gasteiger partial charge in [0.05, 0.1) is 21.3 Å². The highest BCUT2D eigenvalue weighted by atomic mass is 31.1. The zero-order valence-corrected chi connectivity index (χ0v) is 19.2. The van der Waals surface area contributed by atoms with Gasteiger partial charge in [-0.2, -0.15) is 0 Å². The molecule has 0 aliphatic heterocycles. The van der Waals surface area contributed by atoms with Crippen LogP contribution in [0.15, 0.2) is 84.9 Å². The van der Waals surface area contributed by atoms with Gasteiger partial charge >= 0.3 is 8.46 Å². The molecule has 0 N–H and O–H groups in total. The number of rotatable bonds is 7. The van der Waals surface area contributed by atoms with Crippen molar-refractivity contribution in [2.75, 3.05) is 21.3 Å². The molecule has 0 saturated heterocycles. The molecule has 0 fully saturated rings. The van der Waals surface area contributed by atoms with Gasteiger partial charge in [0, 0.05) is 11.1 Å². The second-order valence-corrected chi connectivity index (χ2v) is 7.94. The minimum absolute atomic E-state index is 0.583. The predicted molar refractivity (Wildman–Crippen MR) is 131 cm³/mol. The summed E-state index contributed by atoms with van der Waals surface area (Å²) in [6.45, 7) is 0. The molecule has 32 heavy (non-hydrogen) atoms. The Kier molecular flexibility index (Phi) is 6.53. The molecule has 5 heteroatoms. The summed E-state index contributed by atoms with van der Waals surface area (Å²) < 4.78 is 28.2. The molecule has 0 heterocycles. The normalized spacial score (nSPS) is 10.7. The van der Waals surface area contributed by atoms with Crippen LogP contribution in [0, 0.1) is 0 Å². The summed E-state index contributed by atoms with van der Waals surface area (Å²) in [5.41, 5.74) is 6.05. The van der Waals surface area contributed by atoms with Gasteiger partial charge in [0.15, 0.2) is 5.30 Å². The zero-order chi connectivity index (χ0) is 22.5. The maximum Gasteiger partial charge on any atom is 0.363 e. The van der Waals surface area contributed by atoms with E-state index >= 15 is 0 Å². The highest BCUT2D eigenvalue weighted by Crippen LogP contribution is 2.41. The SMILES string of the molecule is COc1ccc(-c2ccc([PH+]=O)c(-c3ccc(OC)cc3)c2-c2ccc(OC)cc2)cc1. The van der Waals surface area contributed by atoms with Gasteiger partial charge in [0.2, 0.25) is 0 Å². The molecular weight excluding hydrogens is 419 g/mol. The lowest BCUT2D eigenvalue weighted by molar-refractivity contribution is 0.414. The van der Waals surface area contributed by atoms with E-state index in [9.17, 15) is 4.57 Å². The molecule has 4 nitrogen and oxygen atoms in total. The lowest BCUT2D eigenvalue weighted by Crippen LogP contribution is -2.03. The molecule has 0 amide bonds. The first-order valence-corrected chi connectivity index (χ1v) is 11.1. The molecule has 0 aliphatic carbocycles. The molecule has 0 bridgehead atoms. The van der Waals surface area contributed by atoms with Crippen molar-refractivity contribution in [3.63, 3.8) is 0 Å². The first-order valence-electron chi connectivity index (χ1n) is 10.2. The molecule has 0 radical (unpaired) electrons. The second-order valence-electron chi connectivity index (χ2n) is 7.20. The Morgan fingerprint density at radius 1 is 0.500 bits per heavy atom. The maximum absolute atomic E-state index is 12.2. The largest absolute Gasteiger partial charge is 0.497 e. The van der Waals surface area contributed by atoms with Crippen LogP contribution >= 0.6 is 8.46 Å². The third-order valence-corrected chi connectivity index (χ3v) is 6.11. The molecule has 0 spiro atoms. The van der Waals surface area contributed by atoms with Gasteiger partial charge in [-0.05, 0) is 70.8 Å². The quantitative estimate of drug-likeness (QED) is 0.312.